The molecule has 4 rings (SSSR count). The summed E-state index contributed by atoms with van der Waals surface area (Å²) in [7, 11) is 1.71. The van der Waals surface area contributed by atoms with Crippen molar-refractivity contribution in [2.45, 2.75) is 19.9 Å². The second kappa shape index (κ2) is 9.31. The van der Waals surface area contributed by atoms with Crippen LogP contribution in [0.15, 0.2) is 41.8 Å². The highest BCUT2D eigenvalue weighted by Gasteiger charge is 2.32. The van der Waals surface area contributed by atoms with Crippen LogP contribution in [0.2, 0.25) is 0 Å². The maximum atomic E-state index is 12.9. The lowest BCUT2D eigenvalue weighted by molar-refractivity contribution is 0.0236. The number of aryl methyl sites for hydroxylation is 1. The number of nitrogens with one attached hydrogen (secondary N) is 1. The zero-order valence-corrected chi connectivity index (χ0v) is 19.1. The van der Waals surface area contributed by atoms with E-state index in [9.17, 15) is 4.79 Å². The SMILES string of the molecule is COc1ccccc1[C@H](c1c(NC(=O)c2cccs2)sc(C)c1C)N1CCOCC1. The van der Waals surface area contributed by atoms with Crippen LogP contribution >= 0.6 is 22.7 Å². The van der Waals surface area contributed by atoms with E-state index in [1.807, 2.05) is 35.7 Å². The highest BCUT2D eigenvalue weighted by Crippen LogP contribution is 2.44. The Bertz CT molecular complexity index is 1010. The smallest absolute Gasteiger partial charge is 0.266 e. The molecule has 1 N–H and O–H groups in total. The second-order valence-corrected chi connectivity index (χ2v) is 9.42. The number of nitrogens with zero attached hydrogens (tertiary/aromatic N) is 1. The number of hydrogen-bond acceptors (Lipinski definition) is 6. The first-order chi connectivity index (χ1) is 14.6. The Morgan fingerprint density at radius 2 is 1.93 bits per heavy atom. The maximum Gasteiger partial charge on any atom is 0.266 e. The van der Waals surface area contributed by atoms with Gasteiger partial charge >= 0.3 is 0 Å². The summed E-state index contributed by atoms with van der Waals surface area (Å²) in [5.74, 6) is 0.793. The van der Waals surface area contributed by atoms with Crippen LogP contribution in [0.5, 0.6) is 5.75 Å². The zero-order valence-electron chi connectivity index (χ0n) is 17.4. The Labute approximate surface area is 185 Å². The summed E-state index contributed by atoms with van der Waals surface area (Å²) in [5.41, 5.74) is 3.46. The molecule has 1 aromatic carbocycles. The average molecular weight is 443 g/mol. The second-order valence-electron chi connectivity index (χ2n) is 7.25. The van der Waals surface area contributed by atoms with Crippen molar-refractivity contribution in [1.82, 2.24) is 4.90 Å². The van der Waals surface area contributed by atoms with Crippen molar-refractivity contribution in [3.63, 3.8) is 0 Å². The van der Waals surface area contributed by atoms with E-state index in [0.717, 1.165) is 35.0 Å². The van der Waals surface area contributed by atoms with E-state index in [-0.39, 0.29) is 11.9 Å². The van der Waals surface area contributed by atoms with Gasteiger partial charge in [-0.2, -0.15) is 0 Å². The summed E-state index contributed by atoms with van der Waals surface area (Å²) < 4.78 is 11.3. The van der Waals surface area contributed by atoms with Gasteiger partial charge in [-0.25, -0.2) is 0 Å². The number of para-hydroxylation sites is 1. The molecular formula is C23H26N2O3S2. The van der Waals surface area contributed by atoms with Crippen molar-refractivity contribution in [1.29, 1.82) is 0 Å². The van der Waals surface area contributed by atoms with Gasteiger partial charge < -0.3 is 14.8 Å². The molecule has 3 heterocycles. The number of ether oxygens (including phenoxy) is 2. The third kappa shape index (κ3) is 4.16. The van der Waals surface area contributed by atoms with Gasteiger partial charge in [0.15, 0.2) is 0 Å². The van der Waals surface area contributed by atoms with Gasteiger partial charge in [-0.1, -0.05) is 24.3 Å². The highest BCUT2D eigenvalue weighted by molar-refractivity contribution is 7.17. The number of methoxy groups -OCH3 is 1. The average Bonchev–Trinajstić information content (AvgIpc) is 3.40. The number of carbonyl (C=O) groups is 1. The normalized spacial score (nSPS) is 15.7. The highest BCUT2D eigenvalue weighted by atomic mass is 32.1. The molecule has 7 heteroatoms. The number of benzene rings is 1. The number of thiophene rings is 2. The molecule has 0 spiro atoms. The first kappa shape index (κ1) is 21.1. The summed E-state index contributed by atoms with van der Waals surface area (Å²) in [6.07, 6.45) is 0. The number of carbonyl (C=O) groups excluding carboxylic acids is 1. The molecule has 0 bridgehead atoms. The fourth-order valence-corrected chi connectivity index (χ4v) is 5.61. The summed E-state index contributed by atoms with van der Waals surface area (Å²) in [5, 5.41) is 6.02. The van der Waals surface area contributed by atoms with E-state index in [4.69, 9.17) is 9.47 Å². The quantitative estimate of drug-likeness (QED) is 0.576. The van der Waals surface area contributed by atoms with Crippen LogP contribution < -0.4 is 10.1 Å². The lowest BCUT2D eigenvalue weighted by Gasteiger charge is -2.36. The summed E-state index contributed by atoms with van der Waals surface area (Å²) in [6, 6.07) is 11.9. The van der Waals surface area contributed by atoms with Crippen molar-refractivity contribution in [2.75, 3.05) is 38.7 Å². The Hall–Kier alpha value is -2.19. The minimum Gasteiger partial charge on any atom is -0.496 e. The van der Waals surface area contributed by atoms with Crippen LogP contribution in [-0.4, -0.2) is 44.2 Å². The summed E-state index contributed by atoms with van der Waals surface area (Å²) in [4.78, 5) is 17.2. The van der Waals surface area contributed by atoms with Gasteiger partial charge in [0.25, 0.3) is 5.91 Å². The fraction of sp³-hybridized carbons (Fsp3) is 0.348. The Kier molecular flexibility index (Phi) is 6.53. The molecular weight excluding hydrogens is 416 g/mol. The molecule has 1 amide bonds. The molecule has 0 aliphatic carbocycles. The lowest BCUT2D eigenvalue weighted by atomic mass is 9.93. The zero-order chi connectivity index (χ0) is 21.1. The van der Waals surface area contributed by atoms with Crippen LogP contribution in [-0.2, 0) is 4.74 Å². The van der Waals surface area contributed by atoms with E-state index in [2.05, 4.69) is 30.1 Å². The van der Waals surface area contributed by atoms with Crippen LogP contribution in [0.4, 0.5) is 5.00 Å². The Balaban J connectivity index is 1.81. The molecule has 2 aromatic heterocycles. The van der Waals surface area contributed by atoms with Gasteiger partial charge in [0.1, 0.15) is 10.8 Å². The molecule has 1 fully saturated rings. The van der Waals surface area contributed by atoms with Crippen LogP contribution in [0.3, 0.4) is 0 Å². The Morgan fingerprint density at radius 1 is 1.17 bits per heavy atom. The largest absolute Gasteiger partial charge is 0.496 e. The van der Waals surface area contributed by atoms with Gasteiger partial charge in [0, 0.05) is 29.1 Å². The molecule has 1 saturated heterocycles. The van der Waals surface area contributed by atoms with Crippen LogP contribution in [0.1, 0.15) is 37.3 Å². The minimum atomic E-state index is -0.0618. The standard InChI is InChI=1S/C23H26N2O3S2/c1-15-16(2)30-23(24-22(26)19-9-6-14-29-19)20(15)21(25-10-12-28-13-11-25)17-7-4-5-8-18(17)27-3/h4-9,14,21H,10-13H2,1-3H3,(H,24,26)/t21-/m1/s1. The van der Waals surface area contributed by atoms with E-state index >= 15 is 0 Å². The summed E-state index contributed by atoms with van der Waals surface area (Å²) in [6.45, 7) is 7.31. The molecule has 0 radical (unpaired) electrons. The number of amides is 1. The van der Waals surface area contributed by atoms with Crippen LogP contribution in [0.25, 0.3) is 0 Å². The van der Waals surface area contributed by atoms with Crippen molar-refractivity contribution in [2.24, 2.45) is 0 Å². The van der Waals surface area contributed by atoms with Crippen molar-refractivity contribution >= 4 is 33.6 Å². The molecule has 0 saturated carbocycles. The predicted molar refractivity (Wildman–Crippen MR) is 123 cm³/mol. The molecule has 1 aliphatic heterocycles. The number of morpholine rings is 1. The van der Waals surface area contributed by atoms with E-state index < -0.39 is 0 Å². The first-order valence-electron chi connectivity index (χ1n) is 9.99. The minimum absolute atomic E-state index is 0.0198. The van der Waals surface area contributed by atoms with Gasteiger partial charge in [-0.15, -0.1) is 22.7 Å². The third-order valence-electron chi connectivity index (χ3n) is 5.52. The van der Waals surface area contributed by atoms with Gasteiger partial charge in [0.05, 0.1) is 31.2 Å². The van der Waals surface area contributed by atoms with Crippen molar-refractivity contribution in [3.8, 4) is 5.75 Å². The molecule has 5 nitrogen and oxygen atoms in total. The van der Waals surface area contributed by atoms with Gasteiger partial charge in [0.2, 0.25) is 0 Å². The molecule has 30 heavy (non-hydrogen) atoms. The van der Waals surface area contributed by atoms with Crippen molar-refractivity contribution in [3.05, 3.63) is 68.2 Å². The van der Waals surface area contributed by atoms with E-state index in [1.165, 1.54) is 21.8 Å². The monoisotopic (exact) mass is 442 g/mol. The van der Waals surface area contributed by atoms with Crippen LogP contribution in [0, 0.1) is 13.8 Å². The third-order valence-corrected chi connectivity index (χ3v) is 7.53. The van der Waals surface area contributed by atoms with Gasteiger partial charge in [-0.05, 0) is 36.9 Å². The number of anilines is 1. The van der Waals surface area contributed by atoms with Gasteiger partial charge in [-0.3, -0.25) is 9.69 Å². The lowest BCUT2D eigenvalue weighted by Crippen LogP contribution is -2.40. The molecule has 3 aromatic rings. The molecule has 158 valence electrons. The van der Waals surface area contributed by atoms with Crippen molar-refractivity contribution < 1.29 is 14.3 Å². The topological polar surface area (TPSA) is 50.8 Å². The first-order valence-corrected chi connectivity index (χ1v) is 11.7. The van der Waals surface area contributed by atoms with E-state index in [0.29, 0.717) is 18.1 Å². The molecule has 1 atom stereocenters. The number of hydrogen-bond donors (Lipinski definition) is 1. The fourth-order valence-electron chi connectivity index (χ4n) is 3.90. The maximum absolute atomic E-state index is 12.9. The molecule has 1 aliphatic rings. The summed E-state index contributed by atoms with van der Waals surface area (Å²) >= 11 is 3.09. The Morgan fingerprint density at radius 3 is 2.63 bits per heavy atom. The number of rotatable bonds is 6. The molecule has 0 unspecified atom stereocenters. The van der Waals surface area contributed by atoms with E-state index in [1.54, 1.807) is 18.4 Å². The predicted octanol–water partition coefficient (Wildman–Crippen LogP) is 5.11.